The summed E-state index contributed by atoms with van der Waals surface area (Å²) in [4.78, 5) is 10.8. The monoisotopic (exact) mass is 327 g/mol. The first-order valence-corrected chi connectivity index (χ1v) is 7.88. The number of nitrogens with two attached hydrogens (primary N) is 1. The molecule has 24 heavy (non-hydrogen) atoms. The Hall–Kier alpha value is -2.60. The number of methoxy groups -OCH3 is 1. The van der Waals surface area contributed by atoms with Crippen LogP contribution in [0.25, 0.3) is 0 Å². The number of hydrogen-bond acceptors (Lipinski definition) is 6. The topological polar surface area (TPSA) is 75.8 Å². The summed E-state index contributed by atoms with van der Waals surface area (Å²) in [6, 6.07) is 5.97. The van der Waals surface area contributed by atoms with Gasteiger partial charge in [-0.15, -0.1) is 0 Å². The minimum Gasteiger partial charge on any atom is -0.384 e. The van der Waals surface area contributed by atoms with E-state index in [1.165, 1.54) is 0 Å². The van der Waals surface area contributed by atoms with Crippen molar-refractivity contribution < 1.29 is 4.74 Å². The summed E-state index contributed by atoms with van der Waals surface area (Å²) in [5.74, 6) is 0.284. The van der Waals surface area contributed by atoms with E-state index in [0.29, 0.717) is 6.61 Å². The number of rotatable bonds is 7. The number of pyridine rings is 1. The van der Waals surface area contributed by atoms with Gasteiger partial charge in [0.2, 0.25) is 0 Å². The maximum Gasteiger partial charge on any atom is 0.116 e. The average Bonchev–Trinajstić information content (AvgIpc) is 2.95. The molecule has 0 amide bonds. The van der Waals surface area contributed by atoms with Crippen molar-refractivity contribution in [3.63, 3.8) is 0 Å². The Balaban J connectivity index is 2.26. The highest BCUT2D eigenvalue weighted by Crippen LogP contribution is 2.22. The molecule has 0 radical (unpaired) electrons. The van der Waals surface area contributed by atoms with E-state index in [2.05, 4.69) is 33.7 Å². The summed E-state index contributed by atoms with van der Waals surface area (Å²) in [6.45, 7) is 9.12. The highest BCUT2D eigenvalue weighted by Gasteiger charge is 2.22. The second-order valence-electron chi connectivity index (χ2n) is 5.58. The first-order valence-electron chi connectivity index (χ1n) is 7.88. The molecule has 2 rings (SSSR count). The smallest absolute Gasteiger partial charge is 0.116 e. The van der Waals surface area contributed by atoms with Crippen molar-refractivity contribution in [1.82, 2.24) is 15.2 Å². The normalized spacial score (nSPS) is 18.8. The van der Waals surface area contributed by atoms with Crippen molar-refractivity contribution in [1.29, 1.82) is 0 Å². The Bertz CT molecular complexity index is 663. The molecule has 0 saturated heterocycles. The van der Waals surface area contributed by atoms with Gasteiger partial charge in [0.1, 0.15) is 5.82 Å². The van der Waals surface area contributed by atoms with Crippen LogP contribution in [-0.2, 0) is 4.74 Å². The third kappa shape index (κ3) is 4.45. The lowest BCUT2D eigenvalue weighted by atomic mass is 10.1. The zero-order chi connectivity index (χ0) is 17.5. The molecule has 128 valence electrons. The van der Waals surface area contributed by atoms with E-state index in [1.807, 2.05) is 37.4 Å². The van der Waals surface area contributed by atoms with Gasteiger partial charge in [0.05, 0.1) is 29.8 Å². The van der Waals surface area contributed by atoms with Crippen LogP contribution >= 0.6 is 0 Å². The van der Waals surface area contributed by atoms with Crippen LogP contribution in [0.15, 0.2) is 65.5 Å². The van der Waals surface area contributed by atoms with Crippen molar-refractivity contribution in [3.8, 4) is 0 Å². The van der Waals surface area contributed by atoms with Gasteiger partial charge in [0, 0.05) is 31.7 Å². The van der Waals surface area contributed by atoms with Crippen molar-refractivity contribution in [2.45, 2.75) is 19.9 Å². The van der Waals surface area contributed by atoms with E-state index in [9.17, 15) is 0 Å². The van der Waals surface area contributed by atoms with Crippen LogP contribution in [0.5, 0.6) is 0 Å². The van der Waals surface area contributed by atoms with Crippen molar-refractivity contribution >= 4 is 5.71 Å². The lowest BCUT2D eigenvalue weighted by Gasteiger charge is -2.23. The Kier molecular flexibility index (Phi) is 6.14. The summed E-state index contributed by atoms with van der Waals surface area (Å²) in [5, 5.41) is 3.49. The summed E-state index contributed by atoms with van der Waals surface area (Å²) in [7, 11) is 1.69. The lowest BCUT2D eigenvalue weighted by molar-refractivity contribution is 0.181. The van der Waals surface area contributed by atoms with Crippen LogP contribution in [0.1, 0.15) is 25.6 Å². The largest absolute Gasteiger partial charge is 0.384 e. The third-order valence-corrected chi connectivity index (χ3v) is 3.66. The predicted octanol–water partition coefficient (Wildman–Crippen LogP) is 2.31. The molecular formula is C18H25N5O. The molecule has 1 aliphatic rings. The molecule has 0 bridgehead atoms. The first kappa shape index (κ1) is 17.7. The van der Waals surface area contributed by atoms with Crippen molar-refractivity contribution in [2.24, 2.45) is 10.7 Å². The molecule has 6 nitrogen and oxygen atoms in total. The molecule has 6 heteroatoms. The molecule has 0 fully saturated rings. The van der Waals surface area contributed by atoms with Crippen LogP contribution < -0.4 is 11.1 Å². The highest BCUT2D eigenvalue weighted by atomic mass is 16.5. The predicted molar refractivity (Wildman–Crippen MR) is 97.0 cm³/mol. The Morgan fingerprint density at radius 1 is 1.50 bits per heavy atom. The number of aromatic nitrogens is 1. The molecule has 1 atom stereocenters. The van der Waals surface area contributed by atoms with E-state index in [4.69, 9.17) is 10.5 Å². The van der Waals surface area contributed by atoms with Crippen LogP contribution in [-0.4, -0.2) is 35.9 Å². The average molecular weight is 327 g/mol. The number of allylic oxidation sites excluding steroid dienone is 2. The molecule has 0 saturated carbocycles. The zero-order valence-electron chi connectivity index (χ0n) is 14.5. The summed E-state index contributed by atoms with van der Waals surface area (Å²) < 4.78 is 5.19. The molecule has 2 heterocycles. The Morgan fingerprint density at radius 3 is 2.92 bits per heavy atom. The molecule has 1 aromatic rings. The fourth-order valence-corrected chi connectivity index (χ4v) is 2.59. The van der Waals surface area contributed by atoms with Crippen molar-refractivity contribution in [2.75, 3.05) is 20.3 Å². The number of nitrogens with zero attached hydrogens (tertiary/aromatic N) is 3. The van der Waals surface area contributed by atoms with E-state index in [1.54, 1.807) is 13.3 Å². The molecule has 1 unspecified atom stereocenters. The van der Waals surface area contributed by atoms with E-state index < -0.39 is 0 Å². The number of ether oxygens (including phenoxy) is 1. The molecule has 0 spiro atoms. The fourth-order valence-electron chi connectivity index (χ4n) is 2.59. The van der Waals surface area contributed by atoms with Gasteiger partial charge in [-0.1, -0.05) is 12.6 Å². The SMILES string of the molecule is C=C(N)/N=C1/C=CN(CCOC)/C1=C(/C)NC(C)c1ccccn1. The Morgan fingerprint density at radius 2 is 2.29 bits per heavy atom. The van der Waals surface area contributed by atoms with E-state index >= 15 is 0 Å². The second-order valence-corrected chi connectivity index (χ2v) is 5.58. The number of nitrogens with one attached hydrogen (secondary N) is 1. The van der Waals surface area contributed by atoms with Gasteiger partial charge in [-0.3, -0.25) is 4.98 Å². The van der Waals surface area contributed by atoms with Gasteiger partial charge in [-0.25, -0.2) is 4.99 Å². The first-order chi connectivity index (χ1) is 11.5. The highest BCUT2D eigenvalue weighted by molar-refractivity contribution is 6.10. The minimum atomic E-state index is 0.0749. The lowest BCUT2D eigenvalue weighted by Crippen LogP contribution is -2.27. The van der Waals surface area contributed by atoms with Crippen LogP contribution in [0.4, 0.5) is 0 Å². The molecule has 0 aliphatic carbocycles. The van der Waals surface area contributed by atoms with Gasteiger partial charge in [-0.2, -0.15) is 0 Å². The third-order valence-electron chi connectivity index (χ3n) is 3.66. The molecule has 0 aromatic carbocycles. The molecule has 1 aromatic heterocycles. The summed E-state index contributed by atoms with van der Waals surface area (Å²) in [6.07, 6.45) is 5.70. The maximum atomic E-state index is 5.66. The second kappa shape index (κ2) is 8.31. The van der Waals surface area contributed by atoms with Gasteiger partial charge in [0.15, 0.2) is 0 Å². The minimum absolute atomic E-state index is 0.0749. The molecule has 3 N–H and O–H groups in total. The fraction of sp³-hybridized carbons (Fsp3) is 0.333. The molecule has 1 aliphatic heterocycles. The summed E-state index contributed by atoms with van der Waals surface area (Å²) >= 11 is 0. The van der Waals surface area contributed by atoms with Gasteiger partial charge in [-0.05, 0) is 32.1 Å². The van der Waals surface area contributed by atoms with Crippen LogP contribution in [0, 0.1) is 0 Å². The van der Waals surface area contributed by atoms with Crippen LogP contribution in [0.3, 0.4) is 0 Å². The quantitative estimate of drug-likeness (QED) is 0.804. The maximum absolute atomic E-state index is 5.66. The molecular weight excluding hydrogens is 302 g/mol. The number of aliphatic imine (C=N–C) groups is 1. The van der Waals surface area contributed by atoms with Crippen molar-refractivity contribution in [3.05, 3.63) is 66.2 Å². The van der Waals surface area contributed by atoms with Gasteiger partial charge >= 0.3 is 0 Å². The standard InChI is InChI=1S/C18H25N5O/c1-13(16-7-5-6-9-20-16)21-14(2)18-17(22-15(3)19)8-10-23(18)11-12-24-4/h5-10,13,21H,3,11-12,19H2,1-2,4H3/b18-14-,22-17-. The zero-order valence-corrected chi connectivity index (χ0v) is 14.5. The van der Waals surface area contributed by atoms with Crippen LogP contribution in [0.2, 0.25) is 0 Å². The van der Waals surface area contributed by atoms with Gasteiger partial charge in [0.25, 0.3) is 0 Å². The Labute approximate surface area is 143 Å². The summed E-state index contributed by atoms with van der Waals surface area (Å²) in [5.41, 5.74) is 9.40. The van der Waals surface area contributed by atoms with E-state index in [-0.39, 0.29) is 11.9 Å². The van der Waals surface area contributed by atoms with E-state index in [0.717, 1.165) is 29.3 Å². The number of hydrogen-bond donors (Lipinski definition) is 2. The van der Waals surface area contributed by atoms with Gasteiger partial charge < -0.3 is 20.7 Å².